The molecule has 0 aromatic heterocycles. The quantitative estimate of drug-likeness (QED) is 0.788. The highest BCUT2D eigenvalue weighted by atomic mass is 16.5. The first-order chi connectivity index (χ1) is 8.62. The van der Waals surface area contributed by atoms with Crippen LogP contribution >= 0.6 is 0 Å². The topological polar surface area (TPSA) is 55.6 Å². The van der Waals surface area contributed by atoms with E-state index in [1.54, 1.807) is 0 Å². The second-order valence-electron chi connectivity index (χ2n) is 5.32. The molecule has 0 aromatic carbocycles. The number of ether oxygens (including phenoxy) is 1. The fourth-order valence-corrected chi connectivity index (χ4v) is 2.70. The predicted molar refractivity (Wildman–Crippen MR) is 73.3 cm³/mol. The lowest BCUT2D eigenvalue weighted by molar-refractivity contribution is -0.148. The monoisotopic (exact) mass is 256 g/mol. The zero-order valence-corrected chi connectivity index (χ0v) is 12.0. The summed E-state index contributed by atoms with van der Waals surface area (Å²) >= 11 is 0. The van der Waals surface area contributed by atoms with Crippen molar-refractivity contribution < 1.29 is 9.53 Å². The first-order valence-electron chi connectivity index (χ1n) is 7.26. The lowest BCUT2D eigenvalue weighted by Crippen LogP contribution is -2.52. The van der Waals surface area contributed by atoms with E-state index in [1.165, 1.54) is 0 Å². The normalized spacial score (nSPS) is 24.6. The Labute approximate surface area is 111 Å². The van der Waals surface area contributed by atoms with Crippen LogP contribution in [0.5, 0.6) is 0 Å². The molecule has 1 aliphatic heterocycles. The van der Waals surface area contributed by atoms with Crippen molar-refractivity contribution in [3.8, 4) is 0 Å². The van der Waals surface area contributed by atoms with E-state index in [2.05, 4.69) is 13.8 Å². The highest BCUT2D eigenvalue weighted by Gasteiger charge is 2.30. The Balaban J connectivity index is 2.62. The fourth-order valence-electron chi connectivity index (χ4n) is 2.70. The van der Waals surface area contributed by atoms with Crippen molar-refractivity contribution in [2.75, 3.05) is 19.6 Å². The fraction of sp³-hybridized carbons (Fsp3) is 0.929. The second-order valence-corrected chi connectivity index (χ2v) is 5.32. The molecular formula is C14H28N2O2. The number of hydrogen-bond acceptors (Lipinski definition) is 3. The maximum Gasteiger partial charge on any atom is 0.225 e. The maximum absolute atomic E-state index is 12.5. The molecule has 2 atom stereocenters. The van der Waals surface area contributed by atoms with Gasteiger partial charge in [-0.1, -0.05) is 26.7 Å². The summed E-state index contributed by atoms with van der Waals surface area (Å²) in [5.74, 6) is 0.482. The minimum absolute atomic E-state index is 0.00148. The lowest BCUT2D eigenvalue weighted by Gasteiger charge is -2.38. The first-order valence-corrected chi connectivity index (χ1v) is 7.26. The average Bonchev–Trinajstić information content (AvgIpc) is 2.36. The molecule has 0 aliphatic carbocycles. The summed E-state index contributed by atoms with van der Waals surface area (Å²) in [5.41, 5.74) is 5.66. The van der Waals surface area contributed by atoms with Crippen LogP contribution in [0.1, 0.15) is 46.5 Å². The van der Waals surface area contributed by atoms with Gasteiger partial charge in [0.15, 0.2) is 0 Å². The van der Waals surface area contributed by atoms with Gasteiger partial charge in [0, 0.05) is 25.6 Å². The molecule has 18 heavy (non-hydrogen) atoms. The molecule has 4 heteroatoms. The molecular weight excluding hydrogens is 228 g/mol. The summed E-state index contributed by atoms with van der Waals surface area (Å²) in [6.07, 6.45) is 4.21. The summed E-state index contributed by atoms with van der Waals surface area (Å²) in [7, 11) is 0. The van der Waals surface area contributed by atoms with Crippen LogP contribution in [0.2, 0.25) is 0 Å². The summed E-state index contributed by atoms with van der Waals surface area (Å²) in [6.45, 7) is 8.14. The molecule has 4 nitrogen and oxygen atoms in total. The summed E-state index contributed by atoms with van der Waals surface area (Å²) in [5, 5.41) is 0. The minimum Gasteiger partial charge on any atom is -0.370 e. The first kappa shape index (κ1) is 15.4. The number of nitrogens with two attached hydrogens (primary N) is 1. The largest absolute Gasteiger partial charge is 0.370 e. The van der Waals surface area contributed by atoms with Crippen molar-refractivity contribution in [3.63, 3.8) is 0 Å². The van der Waals surface area contributed by atoms with Crippen molar-refractivity contribution in [3.05, 3.63) is 0 Å². The molecule has 106 valence electrons. The second kappa shape index (κ2) is 7.74. The zero-order valence-electron chi connectivity index (χ0n) is 12.0. The van der Waals surface area contributed by atoms with E-state index in [9.17, 15) is 4.79 Å². The zero-order chi connectivity index (χ0) is 13.5. The van der Waals surface area contributed by atoms with Crippen molar-refractivity contribution >= 4 is 5.91 Å². The molecule has 2 unspecified atom stereocenters. The van der Waals surface area contributed by atoms with E-state index in [4.69, 9.17) is 10.5 Å². The molecule has 1 saturated heterocycles. The van der Waals surface area contributed by atoms with Crippen LogP contribution in [0, 0.1) is 5.92 Å². The van der Waals surface area contributed by atoms with Crippen LogP contribution in [0.3, 0.4) is 0 Å². The molecule has 0 saturated carbocycles. The standard InChI is InChI=1S/C14H28N2O2/c1-4-6-12(7-5-2)14(17)16-9-11(3)18-13(8-15)10-16/h11-13H,4-10,15H2,1-3H3. The lowest BCUT2D eigenvalue weighted by atomic mass is 9.96. The van der Waals surface area contributed by atoms with Crippen LogP contribution in [-0.2, 0) is 9.53 Å². The van der Waals surface area contributed by atoms with Crippen molar-refractivity contribution in [1.82, 2.24) is 4.90 Å². The molecule has 1 heterocycles. The van der Waals surface area contributed by atoms with E-state index in [1.807, 2.05) is 11.8 Å². The molecule has 1 amide bonds. The molecule has 1 aliphatic rings. The van der Waals surface area contributed by atoms with Crippen LogP contribution < -0.4 is 5.73 Å². The number of carbonyl (C=O) groups excluding carboxylic acids is 1. The highest BCUT2D eigenvalue weighted by molar-refractivity contribution is 5.79. The van der Waals surface area contributed by atoms with E-state index in [0.717, 1.165) is 25.7 Å². The summed E-state index contributed by atoms with van der Waals surface area (Å²) < 4.78 is 5.70. The van der Waals surface area contributed by atoms with Crippen molar-refractivity contribution in [2.24, 2.45) is 11.7 Å². The van der Waals surface area contributed by atoms with Gasteiger partial charge in [0.1, 0.15) is 0 Å². The van der Waals surface area contributed by atoms with E-state index >= 15 is 0 Å². The van der Waals surface area contributed by atoms with Gasteiger partial charge in [0.25, 0.3) is 0 Å². The highest BCUT2D eigenvalue weighted by Crippen LogP contribution is 2.20. The maximum atomic E-state index is 12.5. The third-order valence-electron chi connectivity index (χ3n) is 3.52. The van der Waals surface area contributed by atoms with Crippen LogP contribution in [0.25, 0.3) is 0 Å². The van der Waals surface area contributed by atoms with Gasteiger partial charge in [-0.15, -0.1) is 0 Å². The average molecular weight is 256 g/mol. The Morgan fingerprint density at radius 2 is 1.94 bits per heavy atom. The Hall–Kier alpha value is -0.610. The van der Waals surface area contributed by atoms with Gasteiger partial charge in [-0.25, -0.2) is 0 Å². The molecule has 0 aromatic rings. The van der Waals surface area contributed by atoms with Gasteiger partial charge in [-0.2, -0.15) is 0 Å². The van der Waals surface area contributed by atoms with Crippen LogP contribution in [0.4, 0.5) is 0 Å². The SMILES string of the molecule is CCCC(CCC)C(=O)N1CC(C)OC(CN)C1. The van der Waals surface area contributed by atoms with Crippen molar-refractivity contribution in [2.45, 2.75) is 58.7 Å². The number of hydrogen-bond donors (Lipinski definition) is 1. The van der Waals surface area contributed by atoms with Gasteiger partial charge in [-0.3, -0.25) is 4.79 Å². The predicted octanol–water partition coefficient (Wildman–Crippen LogP) is 1.78. The molecule has 0 bridgehead atoms. The molecule has 0 spiro atoms. The Morgan fingerprint density at radius 3 is 2.44 bits per heavy atom. The molecule has 1 rings (SSSR count). The number of rotatable bonds is 6. The van der Waals surface area contributed by atoms with Gasteiger partial charge < -0.3 is 15.4 Å². The Morgan fingerprint density at radius 1 is 1.33 bits per heavy atom. The summed E-state index contributed by atoms with van der Waals surface area (Å²) in [6, 6.07) is 0. The van der Waals surface area contributed by atoms with Gasteiger partial charge in [-0.05, 0) is 19.8 Å². The van der Waals surface area contributed by atoms with Crippen LogP contribution in [-0.4, -0.2) is 42.6 Å². The Kier molecular flexibility index (Phi) is 6.65. The molecule has 2 N–H and O–H groups in total. The molecule has 1 fully saturated rings. The van der Waals surface area contributed by atoms with Crippen LogP contribution in [0.15, 0.2) is 0 Å². The third kappa shape index (κ3) is 4.25. The number of nitrogens with zero attached hydrogens (tertiary/aromatic N) is 1. The number of amides is 1. The van der Waals surface area contributed by atoms with Gasteiger partial charge in [0.2, 0.25) is 5.91 Å². The number of carbonyl (C=O) groups is 1. The van der Waals surface area contributed by atoms with E-state index in [-0.39, 0.29) is 18.1 Å². The van der Waals surface area contributed by atoms with E-state index < -0.39 is 0 Å². The smallest absolute Gasteiger partial charge is 0.225 e. The third-order valence-corrected chi connectivity index (χ3v) is 3.52. The molecule has 0 radical (unpaired) electrons. The van der Waals surface area contributed by atoms with Crippen molar-refractivity contribution in [1.29, 1.82) is 0 Å². The van der Waals surface area contributed by atoms with Gasteiger partial charge >= 0.3 is 0 Å². The minimum atomic E-state index is 0.00148. The van der Waals surface area contributed by atoms with Gasteiger partial charge in [0.05, 0.1) is 12.2 Å². The Bertz CT molecular complexity index is 252. The summed E-state index contributed by atoms with van der Waals surface area (Å²) in [4.78, 5) is 14.5. The van der Waals surface area contributed by atoms with E-state index in [0.29, 0.717) is 25.5 Å². The number of morpholine rings is 1.